The van der Waals surface area contributed by atoms with Crippen molar-refractivity contribution in [3.05, 3.63) is 46.0 Å². The van der Waals surface area contributed by atoms with Crippen LogP contribution in [0.5, 0.6) is 0 Å². The highest BCUT2D eigenvalue weighted by atomic mass is 32.2. The van der Waals surface area contributed by atoms with Crippen molar-refractivity contribution in [2.75, 3.05) is 12.3 Å². The molecule has 0 aliphatic carbocycles. The third kappa shape index (κ3) is 2.43. The molecule has 0 saturated carbocycles. The van der Waals surface area contributed by atoms with E-state index in [1.807, 2.05) is 19.1 Å². The number of Topliss-reactive ketones (excluding diaryl/α,β-unsaturated/α-hetero) is 1. The van der Waals surface area contributed by atoms with Crippen molar-refractivity contribution >= 4 is 29.4 Å². The fraction of sp³-hybridized carbons (Fsp3) is 0.312. The highest BCUT2D eigenvalue weighted by Crippen LogP contribution is 2.43. The summed E-state index contributed by atoms with van der Waals surface area (Å²) >= 11 is 1.45. The van der Waals surface area contributed by atoms with Crippen LogP contribution in [-0.2, 0) is 9.59 Å². The molecule has 1 fully saturated rings. The SMILES string of the molecule is Cc1ccc(C(=O)C2=C3SCCN3C(=O)[C@H]2CC(=O)O)cc1. The standard InChI is InChI=1S/C16H15NO4S/c1-9-2-4-10(5-3-9)14(20)13-11(8-12(18)19)15(21)17-6-7-22-16(13)17/h2-5,11H,6-8H2,1H3,(H,18,19)/t11-/m0/s1. The zero-order valence-electron chi connectivity index (χ0n) is 12.0. The number of fused-ring (bicyclic) bond motifs is 1. The quantitative estimate of drug-likeness (QED) is 0.861. The summed E-state index contributed by atoms with van der Waals surface area (Å²) in [7, 11) is 0. The average Bonchev–Trinajstić information content (AvgIpc) is 3.03. The van der Waals surface area contributed by atoms with Gasteiger partial charge < -0.3 is 10.0 Å². The number of nitrogens with zero attached hydrogens (tertiary/aromatic N) is 1. The van der Waals surface area contributed by atoms with Crippen LogP contribution in [0, 0.1) is 12.8 Å². The lowest BCUT2D eigenvalue weighted by molar-refractivity contribution is -0.141. The van der Waals surface area contributed by atoms with Gasteiger partial charge in [0.25, 0.3) is 0 Å². The monoisotopic (exact) mass is 317 g/mol. The van der Waals surface area contributed by atoms with Crippen LogP contribution >= 0.6 is 11.8 Å². The van der Waals surface area contributed by atoms with E-state index in [4.69, 9.17) is 5.11 Å². The molecule has 0 unspecified atom stereocenters. The molecule has 1 aromatic carbocycles. The summed E-state index contributed by atoms with van der Waals surface area (Å²) in [6, 6.07) is 7.10. The normalized spacial score (nSPS) is 20.5. The van der Waals surface area contributed by atoms with Crippen LogP contribution in [0.25, 0.3) is 0 Å². The van der Waals surface area contributed by atoms with Crippen molar-refractivity contribution in [1.82, 2.24) is 4.90 Å². The number of aryl methyl sites for hydroxylation is 1. The Labute approximate surface area is 132 Å². The summed E-state index contributed by atoms with van der Waals surface area (Å²) in [4.78, 5) is 37.8. The Morgan fingerprint density at radius 3 is 2.64 bits per heavy atom. The van der Waals surface area contributed by atoms with Crippen molar-refractivity contribution in [1.29, 1.82) is 0 Å². The van der Waals surface area contributed by atoms with Gasteiger partial charge in [-0.05, 0) is 6.92 Å². The number of thioether (sulfide) groups is 1. The molecular formula is C16H15NO4S. The predicted octanol–water partition coefficient (Wildman–Crippen LogP) is 2.07. The van der Waals surface area contributed by atoms with E-state index in [9.17, 15) is 14.4 Å². The lowest BCUT2D eigenvalue weighted by atomic mass is 9.91. The van der Waals surface area contributed by atoms with Gasteiger partial charge in [-0.3, -0.25) is 14.4 Å². The van der Waals surface area contributed by atoms with E-state index in [0.717, 1.165) is 11.3 Å². The smallest absolute Gasteiger partial charge is 0.304 e. The molecule has 6 heteroatoms. The van der Waals surface area contributed by atoms with E-state index in [1.165, 1.54) is 11.8 Å². The van der Waals surface area contributed by atoms with Crippen LogP contribution in [0.1, 0.15) is 22.3 Å². The second-order valence-corrected chi connectivity index (χ2v) is 6.49. The predicted molar refractivity (Wildman–Crippen MR) is 82.4 cm³/mol. The molecule has 0 spiro atoms. The van der Waals surface area contributed by atoms with Crippen molar-refractivity contribution in [3.8, 4) is 0 Å². The van der Waals surface area contributed by atoms with Gasteiger partial charge in [0.05, 0.1) is 17.4 Å². The summed E-state index contributed by atoms with van der Waals surface area (Å²) in [5.74, 6) is -1.70. The van der Waals surface area contributed by atoms with Crippen molar-refractivity contribution < 1.29 is 19.5 Å². The first-order valence-electron chi connectivity index (χ1n) is 7.00. The Balaban J connectivity index is 2.02. The molecule has 2 aliphatic rings. The molecule has 2 aliphatic heterocycles. The molecule has 5 nitrogen and oxygen atoms in total. The maximum Gasteiger partial charge on any atom is 0.304 e. The number of carbonyl (C=O) groups excluding carboxylic acids is 2. The van der Waals surface area contributed by atoms with E-state index < -0.39 is 11.9 Å². The van der Waals surface area contributed by atoms with Gasteiger partial charge in [-0.2, -0.15) is 0 Å². The van der Waals surface area contributed by atoms with Gasteiger partial charge in [-0.25, -0.2) is 0 Å². The van der Waals surface area contributed by atoms with Gasteiger partial charge in [-0.15, -0.1) is 11.8 Å². The van der Waals surface area contributed by atoms with Crippen LogP contribution in [0.2, 0.25) is 0 Å². The molecule has 22 heavy (non-hydrogen) atoms. The Morgan fingerprint density at radius 1 is 1.32 bits per heavy atom. The average molecular weight is 317 g/mol. The van der Waals surface area contributed by atoms with Crippen LogP contribution in [-0.4, -0.2) is 40.0 Å². The summed E-state index contributed by atoms with van der Waals surface area (Å²) in [6.07, 6.45) is -0.341. The van der Waals surface area contributed by atoms with Gasteiger partial charge in [-0.1, -0.05) is 29.8 Å². The van der Waals surface area contributed by atoms with Crippen molar-refractivity contribution in [3.63, 3.8) is 0 Å². The molecule has 2 heterocycles. The highest BCUT2D eigenvalue weighted by Gasteiger charge is 2.45. The van der Waals surface area contributed by atoms with E-state index >= 15 is 0 Å². The van der Waals surface area contributed by atoms with Gasteiger partial charge >= 0.3 is 5.97 Å². The van der Waals surface area contributed by atoms with E-state index in [1.54, 1.807) is 17.0 Å². The van der Waals surface area contributed by atoms with E-state index in [0.29, 0.717) is 22.7 Å². The first-order valence-corrected chi connectivity index (χ1v) is 7.99. The number of benzene rings is 1. The fourth-order valence-electron chi connectivity index (χ4n) is 2.79. The molecule has 0 aromatic heterocycles. The lowest BCUT2D eigenvalue weighted by Gasteiger charge is -2.12. The number of rotatable bonds is 4. The highest BCUT2D eigenvalue weighted by molar-refractivity contribution is 8.03. The number of carboxylic acid groups (broad SMARTS) is 1. The number of carbonyl (C=O) groups is 3. The molecule has 1 atom stereocenters. The first kappa shape index (κ1) is 14.8. The van der Waals surface area contributed by atoms with Gasteiger partial charge in [0.1, 0.15) is 0 Å². The van der Waals surface area contributed by atoms with Gasteiger partial charge in [0.2, 0.25) is 5.91 Å². The second-order valence-electron chi connectivity index (χ2n) is 5.40. The summed E-state index contributed by atoms with van der Waals surface area (Å²) in [5, 5.41) is 9.69. The molecule has 0 radical (unpaired) electrons. The molecule has 1 aromatic rings. The molecule has 114 valence electrons. The third-order valence-electron chi connectivity index (χ3n) is 3.88. The number of carboxylic acids is 1. The topological polar surface area (TPSA) is 74.7 Å². The molecule has 1 N–H and O–H groups in total. The molecule has 1 saturated heterocycles. The van der Waals surface area contributed by atoms with Crippen LogP contribution in [0.4, 0.5) is 0 Å². The third-order valence-corrected chi connectivity index (χ3v) is 4.98. The molecule has 0 bridgehead atoms. The van der Waals surface area contributed by atoms with E-state index in [-0.39, 0.29) is 18.1 Å². The largest absolute Gasteiger partial charge is 0.481 e. The Hall–Kier alpha value is -2.08. The molecule has 1 amide bonds. The van der Waals surface area contributed by atoms with Crippen molar-refractivity contribution in [2.24, 2.45) is 5.92 Å². The lowest BCUT2D eigenvalue weighted by Crippen LogP contribution is -2.29. The first-order chi connectivity index (χ1) is 10.5. The minimum absolute atomic E-state index is 0.244. The summed E-state index contributed by atoms with van der Waals surface area (Å²) in [6.45, 7) is 2.47. The summed E-state index contributed by atoms with van der Waals surface area (Å²) in [5.41, 5.74) is 1.88. The molecule has 3 rings (SSSR count). The van der Waals surface area contributed by atoms with Crippen LogP contribution in [0.3, 0.4) is 0 Å². The Bertz CT molecular complexity index is 693. The van der Waals surface area contributed by atoms with Crippen molar-refractivity contribution in [2.45, 2.75) is 13.3 Å². The Kier molecular flexibility index (Phi) is 3.78. The second kappa shape index (κ2) is 5.61. The Morgan fingerprint density at radius 2 is 2.00 bits per heavy atom. The van der Waals surface area contributed by atoms with Gasteiger partial charge in [0, 0.05) is 23.4 Å². The van der Waals surface area contributed by atoms with Crippen LogP contribution in [0.15, 0.2) is 34.9 Å². The molecular weight excluding hydrogens is 302 g/mol. The summed E-state index contributed by atoms with van der Waals surface area (Å²) < 4.78 is 0. The zero-order chi connectivity index (χ0) is 15.9. The number of aliphatic carboxylic acids is 1. The number of hydrogen-bond acceptors (Lipinski definition) is 4. The minimum Gasteiger partial charge on any atom is -0.481 e. The minimum atomic E-state index is -1.07. The zero-order valence-corrected chi connectivity index (χ0v) is 12.9. The number of amides is 1. The maximum atomic E-state index is 12.8. The number of ketones is 1. The fourth-order valence-corrected chi connectivity index (χ4v) is 3.98. The van der Waals surface area contributed by atoms with E-state index in [2.05, 4.69) is 0 Å². The number of hydrogen-bond donors (Lipinski definition) is 1. The van der Waals surface area contributed by atoms with Gasteiger partial charge in [0.15, 0.2) is 5.78 Å². The van der Waals surface area contributed by atoms with Crippen LogP contribution < -0.4 is 0 Å². The maximum absolute atomic E-state index is 12.8.